The molecule has 0 unspecified atom stereocenters. The molecule has 0 spiro atoms. The molecule has 0 N–H and O–H groups in total. The van der Waals surface area contributed by atoms with Gasteiger partial charge in [-0.25, -0.2) is 0 Å². The smallest absolute Gasteiger partial charge is 0.309 e. The maximum Gasteiger partial charge on any atom is 0.309 e. The summed E-state index contributed by atoms with van der Waals surface area (Å²) in [6.07, 6.45) is 2.06. The van der Waals surface area contributed by atoms with Crippen molar-refractivity contribution in [3.63, 3.8) is 0 Å². The average molecular weight is 375 g/mol. The Labute approximate surface area is 158 Å². The van der Waals surface area contributed by atoms with Gasteiger partial charge in [0.15, 0.2) is 11.5 Å². The topological polar surface area (TPSA) is 74.3 Å². The number of ether oxygens (including phenoxy) is 4. The molecular weight excluding hydrogens is 350 g/mol. The van der Waals surface area contributed by atoms with Crippen LogP contribution in [0.1, 0.15) is 31.7 Å². The Hall–Kier alpha value is -2.28. The zero-order valence-electron chi connectivity index (χ0n) is 15.5. The number of amides is 1. The van der Waals surface area contributed by atoms with Gasteiger partial charge in [0.1, 0.15) is 6.10 Å². The molecule has 1 aliphatic carbocycles. The van der Waals surface area contributed by atoms with E-state index in [1.807, 2.05) is 30.0 Å². The molecule has 7 heteroatoms. The summed E-state index contributed by atoms with van der Waals surface area (Å²) < 4.78 is 21.5. The molecule has 2 heterocycles. The average Bonchev–Trinajstić information content (AvgIpc) is 3.06. The summed E-state index contributed by atoms with van der Waals surface area (Å²) in [7, 11) is 0. The Bertz CT molecular complexity index is 714. The van der Waals surface area contributed by atoms with Crippen LogP contribution >= 0.6 is 0 Å². The van der Waals surface area contributed by atoms with Gasteiger partial charge in [-0.15, -0.1) is 0 Å². The second kappa shape index (κ2) is 7.76. The van der Waals surface area contributed by atoms with E-state index in [2.05, 4.69) is 0 Å². The lowest BCUT2D eigenvalue weighted by Crippen LogP contribution is -2.40. The molecule has 146 valence electrons. The first-order valence-electron chi connectivity index (χ1n) is 9.61. The van der Waals surface area contributed by atoms with Crippen molar-refractivity contribution in [2.24, 2.45) is 11.8 Å². The molecule has 2 fully saturated rings. The van der Waals surface area contributed by atoms with E-state index >= 15 is 0 Å². The predicted molar refractivity (Wildman–Crippen MR) is 95.2 cm³/mol. The van der Waals surface area contributed by atoms with Crippen molar-refractivity contribution in [2.45, 2.75) is 38.8 Å². The number of esters is 1. The summed E-state index contributed by atoms with van der Waals surface area (Å²) in [5.74, 6) is 1.33. The van der Waals surface area contributed by atoms with Crippen molar-refractivity contribution in [1.82, 2.24) is 4.90 Å². The quantitative estimate of drug-likeness (QED) is 0.680. The molecule has 1 aromatic carbocycles. The van der Waals surface area contributed by atoms with Gasteiger partial charge in [0.25, 0.3) is 5.91 Å². The molecule has 2 aliphatic heterocycles. The molecular formula is C20H25NO6. The second-order valence-electron chi connectivity index (χ2n) is 7.26. The lowest BCUT2D eigenvalue weighted by molar-refractivity contribution is -0.146. The molecule has 27 heavy (non-hydrogen) atoms. The molecule has 1 saturated carbocycles. The molecule has 3 atom stereocenters. The Balaban J connectivity index is 1.45. The van der Waals surface area contributed by atoms with Crippen LogP contribution in [0.15, 0.2) is 18.2 Å². The van der Waals surface area contributed by atoms with Gasteiger partial charge in [-0.1, -0.05) is 6.07 Å². The fourth-order valence-electron chi connectivity index (χ4n) is 3.74. The van der Waals surface area contributed by atoms with Crippen molar-refractivity contribution >= 4 is 11.9 Å². The number of nitrogens with zero attached hydrogens (tertiary/aromatic N) is 1. The lowest BCUT2D eigenvalue weighted by atomic mass is 10.1. The first-order chi connectivity index (χ1) is 13.2. The van der Waals surface area contributed by atoms with Crippen LogP contribution in [0.2, 0.25) is 0 Å². The van der Waals surface area contributed by atoms with Gasteiger partial charge in [-0.05, 0) is 49.8 Å². The maximum absolute atomic E-state index is 13.0. The van der Waals surface area contributed by atoms with Gasteiger partial charge in [-0.2, -0.15) is 0 Å². The van der Waals surface area contributed by atoms with Crippen molar-refractivity contribution in [3.8, 4) is 11.5 Å². The monoisotopic (exact) mass is 375 g/mol. The number of benzene rings is 1. The number of rotatable bonds is 7. The highest BCUT2D eigenvalue weighted by Crippen LogP contribution is 2.41. The van der Waals surface area contributed by atoms with E-state index < -0.39 is 0 Å². The Morgan fingerprint density at radius 2 is 2.11 bits per heavy atom. The van der Waals surface area contributed by atoms with Crippen molar-refractivity contribution in [1.29, 1.82) is 0 Å². The number of carbonyl (C=O) groups is 2. The number of hydrogen-bond donors (Lipinski definition) is 0. The van der Waals surface area contributed by atoms with E-state index in [0.29, 0.717) is 32.1 Å². The number of hydrogen-bond acceptors (Lipinski definition) is 6. The Morgan fingerprint density at radius 1 is 1.26 bits per heavy atom. The maximum atomic E-state index is 13.0. The standard InChI is InChI=1S/C20H25NO6/c1-2-24-20(23)15-9-14(15)11-21(19(22)17-4-3-7-25-17)10-13-5-6-16-18(8-13)27-12-26-16/h5-6,8,14-15,17H,2-4,7,9-12H2,1H3/t14-,15+,17-/m0/s1. The van der Waals surface area contributed by atoms with Gasteiger partial charge in [-0.3, -0.25) is 9.59 Å². The minimum absolute atomic E-state index is 0.000300. The summed E-state index contributed by atoms with van der Waals surface area (Å²) in [5.41, 5.74) is 0.971. The zero-order chi connectivity index (χ0) is 18.8. The summed E-state index contributed by atoms with van der Waals surface area (Å²) >= 11 is 0. The van der Waals surface area contributed by atoms with Crippen LogP contribution in [0.5, 0.6) is 11.5 Å². The van der Waals surface area contributed by atoms with Crippen molar-refractivity contribution in [2.75, 3.05) is 26.6 Å². The fourth-order valence-corrected chi connectivity index (χ4v) is 3.74. The van der Waals surface area contributed by atoms with Gasteiger partial charge in [0, 0.05) is 19.7 Å². The SMILES string of the molecule is CCOC(=O)[C@@H]1C[C@H]1CN(Cc1ccc2c(c1)OCO2)C(=O)[C@@H]1CCCO1. The van der Waals surface area contributed by atoms with Gasteiger partial charge in [0.05, 0.1) is 12.5 Å². The summed E-state index contributed by atoms with van der Waals surface area (Å²) in [6, 6.07) is 5.72. The Kier molecular flexibility index (Phi) is 5.20. The third-order valence-corrected chi connectivity index (χ3v) is 5.29. The van der Waals surface area contributed by atoms with Crippen LogP contribution in [0.3, 0.4) is 0 Å². The predicted octanol–water partition coefficient (Wildman–Crippen LogP) is 2.12. The summed E-state index contributed by atoms with van der Waals surface area (Å²) in [6.45, 7) is 4.04. The normalized spacial score (nSPS) is 25.3. The largest absolute Gasteiger partial charge is 0.466 e. The van der Waals surface area contributed by atoms with E-state index in [-0.39, 0.29) is 36.6 Å². The van der Waals surface area contributed by atoms with E-state index in [4.69, 9.17) is 18.9 Å². The van der Waals surface area contributed by atoms with Crippen LogP contribution in [-0.4, -0.2) is 49.4 Å². The van der Waals surface area contributed by atoms with E-state index in [1.54, 1.807) is 0 Å². The van der Waals surface area contributed by atoms with Crippen LogP contribution in [-0.2, 0) is 25.6 Å². The lowest BCUT2D eigenvalue weighted by Gasteiger charge is -2.26. The minimum Gasteiger partial charge on any atom is -0.466 e. The van der Waals surface area contributed by atoms with Gasteiger partial charge >= 0.3 is 5.97 Å². The third kappa shape index (κ3) is 4.03. The van der Waals surface area contributed by atoms with Crippen LogP contribution in [0, 0.1) is 11.8 Å². The van der Waals surface area contributed by atoms with Crippen LogP contribution < -0.4 is 9.47 Å². The van der Waals surface area contributed by atoms with E-state index in [0.717, 1.165) is 30.6 Å². The summed E-state index contributed by atoms with van der Waals surface area (Å²) in [5, 5.41) is 0. The van der Waals surface area contributed by atoms with Crippen molar-refractivity contribution in [3.05, 3.63) is 23.8 Å². The van der Waals surface area contributed by atoms with Crippen LogP contribution in [0.25, 0.3) is 0 Å². The molecule has 1 saturated heterocycles. The highest BCUT2D eigenvalue weighted by Gasteiger charge is 2.46. The first kappa shape index (κ1) is 18.1. The zero-order valence-corrected chi connectivity index (χ0v) is 15.5. The highest BCUT2D eigenvalue weighted by molar-refractivity contribution is 5.81. The van der Waals surface area contributed by atoms with Gasteiger partial charge < -0.3 is 23.8 Å². The van der Waals surface area contributed by atoms with Gasteiger partial charge in [0.2, 0.25) is 6.79 Å². The first-order valence-corrected chi connectivity index (χ1v) is 9.61. The molecule has 4 rings (SSSR count). The molecule has 1 amide bonds. The fraction of sp³-hybridized carbons (Fsp3) is 0.600. The molecule has 0 bridgehead atoms. The summed E-state index contributed by atoms with van der Waals surface area (Å²) in [4.78, 5) is 26.7. The molecule has 1 aromatic rings. The molecule has 7 nitrogen and oxygen atoms in total. The molecule has 3 aliphatic rings. The highest BCUT2D eigenvalue weighted by atomic mass is 16.7. The minimum atomic E-state index is -0.376. The van der Waals surface area contributed by atoms with Crippen molar-refractivity contribution < 1.29 is 28.5 Å². The van der Waals surface area contributed by atoms with E-state index in [9.17, 15) is 9.59 Å². The second-order valence-corrected chi connectivity index (χ2v) is 7.26. The van der Waals surface area contributed by atoms with E-state index in [1.165, 1.54) is 0 Å². The number of carbonyl (C=O) groups excluding carboxylic acids is 2. The molecule has 0 radical (unpaired) electrons. The third-order valence-electron chi connectivity index (χ3n) is 5.29. The number of fused-ring (bicyclic) bond motifs is 1. The Morgan fingerprint density at radius 3 is 2.89 bits per heavy atom. The molecule has 0 aromatic heterocycles. The van der Waals surface area contributed by atoms with Crippen LogP contribution in [0.4, 0.5) is 0 Å².